The molecule has 1 saturated carbocycles. The van der Waals surface area contributed by atoms with Crippen LogP contribution in [0.5, 0.6) is 0 Å². The van der Waals surface area contributed by atoms with Crippen molar-refractivity contribution in [1.82, 2.24) is 10.2 Å². The van der Waals surface area contributed by atoms with Crippen LogP contribution in [-0.4, -0.2) is 34.6 Å². The van der Waals surface area contributed by atoms with Crippen molar-refractivity contribution in [2.45, 2.75) is 57.0 Å². The quantitative estimate of drug-likeness (QED) is 0.425. The van der Waals surface area contributed by atoms with Crippen molar-refractivity contribution in [1.29, 1.82) is 0 Å². The van der Waals surface area contributed by atoms with Crippen LogP contribution in [0.25, 0.3) is 0 Å². The molecule has 172 valence electrons. The van der Waals surface area contributed by atoms with E-state index in [0.717, 1.165) is 31.2 Å². The molecule has 1 aliphatic carbocycles. The molecule has 1 atom stereocenters. The Kier molecular flexibility index (Phi) is 9.60. The van der Waals surface area contributed by atoms with Crippen molar-refractivity contribution in [3.8, 4) is 0 Å². The normalized spacial score (nSPS) is 14.9. The molecule has 0 aliphatic heterocycles. The van der Waals surface area contributed by atoms with Gasteiger partial charge in [-0.1, -0.05) is 65.8 Å². The van der Waals surface area contributed by atoms with Crippen molar-refractivity contribution in [2.75, 3.05) is 5.75 Å². The number of thioether (sulfide) groups is 1. The Bertz CT molecular complexity index is 930. The first-order chi connectivity index (χ1) is 15.3. The van der Waals surface area contributed by atoms with Gasteiger partial charge in [-0.3, -0.25) is 9.59 Å². The van der Waals surface area contributed by atoms with Crippen molar-refractivity contribution >= 4 is 58.4 Å². The second kappa shape index (κ2) is 12.2. The zero-order valence-corrected chi connectivity index (χ0v) is 21.0. The predicted molar refractivity (Wildman–Crippen MR) is 134 cm³/mol. The van der Waals surface area contributed by atoms with Crippen LogP contribution in [0.2, 0.25) is 15.1 Å². The lowest BCUT2D eigenvalue weighted by Crippen LogP contribution is -2.50. The van der Waals surface area contributed by atoms with Crippen LogP contribution in [0.3, 0.4) is 0 Å². The molecule has 0 aromatic heterocycles. The van der Waals surface area contributed by atoms with E-state index in [0.29, 0.717) is 26.4 Å². The molecule has 2 aromatic rings. The summed E-state index contributed by atoms with van der Waals surface area (Å²) in [6, 6.07) is 12.4. The van der Waals surface area contributed by atoms with Gasteiger partial charge in [-0.15, -0.1) is 11.8 Å². The van der Waals surface area contributed by atoms with Gasteiger partial charge in [0.15, 0.2) is 0 Å². The summed E-state index contributed by atoms with van der Waals surface area (Å²) in [6.45, 7) is 1.93. The molecule has 0 spiro atoms. The molecule has 0 saturated heterocycles. The smallest absolute Gasteiger partial charge is 0.242 e. The van der Waals surface area contributed by atoms with E-state index in [-0.39, 0.29) is 30.2 Å². The van der Waals surface area contributed by atoms with E-state index < -0.39 is 6.04 Å². The number of benzene rings is 2. The van der Waals surface area contributed by atoms with Gasteiger partial charge in [0.1, 0.15) is 6.04 Å². The van der Waals surface area contributed by atoms with E-state index in [1.807, 2.05) is 24.3 Å². The van der Waals surface area contributed by atoms with E-state index in [1.54, 1.807) is 30.0 Å². The number of hydrogen-bond acceptors (Lipinski definition) is 3. The first-order valence-corrected chi connectivity index (χ1v) is 13.0. The van der Waals surface area contributed by atoms with Gasteiger partial charge in [-0.25, -0.2) is 0 Å². The Morgan fingerprint density at radius 3 is 2.41 bits per heavy atom. The number of amides is 2. The van der Waals surface area contributed by atoms with Gasteiger partial charge in [-0.05, 0) is 49.6 Å². The van der Waals surface area contributed by atoms with Crippen LogP contribution in [0.1, 0.15) is 43.7 Å². The minimum absolute atomic E-state index is 0.137. The highest BCUT2D eigenvalue weighted by molar-refractivity contribution is 7.99. The second-order valence-electron chi connectivity index (χ2n) is 8.01. The minimum Gasteiger partial charge on any atom is -0.352 e. The molecule has 0 radical (unpaired) electrons. The number of rotatable bonds is 9. The summed E-state index contributed by atoms with van der Waals surface area (Å²) < 4.78 is 0. The third kappa shape index (κ3) is 7.05. The summed E-state index contributed by atoms with van der Waals surface area (Å²) in [4.78, 5) is 27.7. The molecule has 1 N–H and O–H groups in total. The molecular weight excluding hydrogens is 487 g/mol. The molecule has 2 amide bonds. The number of halogens is 3. The van der Waals surface area contributed by atoms with Crippen molar-refractivity contribution in [3.63, 3.8) is 0 Å². The van der Waals surface area contributed by atoms with E-state index in [2.05, 4.69) is 5.32 Å². The minimum atomic E-state index is -0.637. The molecule has 1 aliphatic rings. The Morgan fingerprint density at radius 1 is 1.09 bits per heavy atom. The molecule has 0 bridgehead atoms. The molecule has 3 rings (SSSR count). The van der Waals surface area contributed by atoms with Gasteiger partial charge in [0.05, 0.1) is 5.75 Å². The van der Waals surface area contributed by atoms with Crippen LogP contribution >= 0.6 is 46.6 Å². The SMILES string of the molecule is CC(C(=O)NC1CCCC1)N(Cc1c(Cl)cccc1Cl)C(=O)CSCc1cccc(Cl)c1. The maximum atomic E-state index is 13.2. The van der Waals surface area contributed by atoms with E-state index in [1.165, 1.54) is 11.8 Å². The molecule has 0 heterocycles. The van der Waals surface area contributed by atoms with Gasteiger partial charge in [0, 0.05) is 39.0 Å². The van der Waals surface area contributed by atoms with Crippen LogP contribution in [0.4, 0.5) is 0 Å². The topological polar surface area (TPSA) is 49.4 Å². The number of hydrogen-bond donors (Lipinski definition) is 1. The van der Waals surface area contributed by atoms with Crippen LogP contribution < -0.4 is 5.32 Å². The van der Waals surface area contributed by atoms with E-state index in [4.69, 9.17) is 34.8 Å². The number of nitrogens with one attached hydrogen (secondary N) is 1. The van der Waals surface area contributed by atoms with Crippen molar-refractivity contribution in [3.05, 3.63) is 68.7 Å². The fourth-order valence-corrected chi connectivity index (χ4v) is 5.38. The summed E-state index contributed by atoms with van der Waals surface area (Å²) in [7, 11) is 0. The van der Waals surface area contributed by atoms with Gasteiger partial charge < -0.3 is 10.2 Å². The van der Waals surface area contributed by atoms with Crippen LogP contribution in [0, 0.1) is 0 Å². The second-order valence-corrected chi connectivity index (χ2v) is 10.2. The fourth-order valence-electron chi connectivity index (χ4n) is 3.79. The zero-order valence-electron chi connectivity index (χ0n) is 18.0. The highest BCUT2D eigenvalue weighted by Gasteiger charge is 2.29. The van der Waals surface area contributed by atoms with Crippen molar-refractivity contribution < 1.29 is 9.59 Å². The molecule has 4 nitrogen and oxygen atoms in total. The Labute approximate surface area is 209 Å². The lowest BCUT2D eigenvalue weighted by Gasteiger charge is -2.30. The number of carbonyl (C=O) groups excluding carboxylic acids is 2. The Morgan fingerprint density at radius 2 is 1.75 bits per heavy atom. The third-order valence-corrected chi connectivity index (χ3v) is 7.57. The summed E-state index contributed by atoms with van der Waals surface area (Å²) in [6.07, 6.45) is 4.21. The number of carbonyl (C=O) groups is 2. The maximum absolute atomic E-state index is 13.2. The van der Waals surface area contributed by atoms with E-state index >= 15 is 0 Å². The fraction of sp³-hybridized carbons (Fsp3) is 0.417. The molecule has 32 heavy (non-hydrogen) atoms. The molecule has 1 unspecified atom stereocenters. The van der Waals surface area contributed by atoms with Crippen LogP contribution in [-0.2, 0) is 21.9 Å². The Balaban J connectivity index is 1.70. The first-order valence-electron chi connectivity index (χ1n) is 10.7. The third-order valence-electron chi connectivity index (χ3n) is 5.64. The summed E-state index contributed by atoms with van der Waals surface area (Å²) in [5.41, 5.74) is 1.69. The van der Waals surface area contributed by atoms with Gasteiger partial charge in [0.25, 0.3) is 0 Å². The highest BCUT2D eigenvalue weighted by Crippen LogP contribution is 2.27. The molecule has 8 heteroatoms. The molecular formula is C24H27Cl3N2O2S. The van der Waals surface area contributed by atoms with Crippen LogP contribution in [0.15, 0.2) is 42.5 Å². The maximum Gasteiger partial charge on any atom is 0.242 e. The Hall–Kier alpha value is -1.40. The monoisotopic (exact) mass is 512 g/mol. The highest BCUT2D eigenvalue weighted by atomic mass is 35.5. The summed E-state index contributed by atoms with van der Waals surface area (Å²) in [5, 5.41) is 4.72. The van der Waals surface area contributed by atoms with Gasteiger partial charge >= 0.3 is 0 Å². The lowest BCUT2D eigenvalue weighted by atomic mass is 10.1. The predicted octanol–water partition coefficient (Wildman–Crippen LogP) is 6.36. The molecule has 1 fully saturated rings. The van der Waals surface area contributed by atoms with Crippen molar-refractivity contribution in [2.24, 2.45) is 0 Å². The first kappa shape index (κ1) is 25.2. The van der Waals surface area contributed by atoms with E-state index in [9.17, 15) is 9.59 Å². The zero-order chi connectivity index (χ0) is 23.1. The standard InChI is InChI=1S/C24H27Cl3N2O2S/c1-16(24(31)28-19-8-2-3-9-19)29(13-20-21(26)10-5-11-22(20)27)23(30)15-32-14-17-6-4-7-18(25)12-17/h4-7,10-12,16,19H,2-3,8-9,13-15H2,1H3,(H,28,31). The lowest BCUT2D eigenvalue weighted by molar-refractivity contribution is -0.138. The number of nitrogens with zero attached hydrogens (tertiary/aromatic N) is 1. The van der Waals surface area contributed by atoms with Gasteiger partial charge in [-0.2, -0.15) is 0 Å². The summed E-state index contributed by atoms with van der Waals surface area (Å²) >= 11 is 20.3. The van der Waals surface area contributed by atoms with Gasteiger partial charge in [0.2, 0.25) is 11.8 Å². The average Bonchev–Trinajstić information content (AvgIpc) is 3.26. The summed E-state index contributed by atoms with van der Waals surface area (Å²) in [5.74, 6) is 0.598. The molecule has 2 aromatic carbocycles. The largest absolute Gasteiger partial charge is 0.352 e. The average molecular weight is 514 g/mol.